The molecular formula is C24H34N4O3. The van der Waals surface area contributed by atoms with Crippen LogP contribution in [-0.4, -0.2) is 41.3 Å². The number of carbonyl (C=O) groups excluding carboxylic acids is 1. The number of aliphatic imine (C=N–C) groups is 1. The second kappa shape index (κ2) is 11.2. The lowest BCUT2D eigenvalue weighted by atomic mass is 10.1. The van der Waals surface area contributed by atoms with E-state index in [0.29, 0.717) is 25.6 Å². The molecule has 0 aliphatic heterocycles. The normalized spacial score (nSPS) is 11.7. The Hall–Kier alpha value is -3.22. The molecule has 0 aliphatic carbocycles. The Bertz CT molecular complexity index is 873. The molecule has 2 aromatic carbocycles. The fraction of sp³-hybridized carbons (Fsp3) is 0.417. The van der Waals surface area contributed by atoms with Crippen molar-refractivity contribution in [2.75, 3.05) is 13.6 Å². The summed E-state index contributed by atoms with van der Waals surface area (Å²) < 4.78 is 5.39. The van der Waals surface area contributed by atoms with Crippen molar-refractivity contribution in [1.82, 2.24) is 15.5 Å². The summed E-state index contributed by atoms with van der Waals surface area (Å²) in [4.78, 5) is 18.2. The third kappa shape index (κ3) is 8.99. The molecule has 0 fully saturated rings. The molecular weight excluding hydrogens is 392 g/mol. The maximum atomic E-state index is 12.1. The first kappa shape index (κ1) is 24.1. The average Bonchev–Trinajstić information content (AvgIpc) is 2.70. The van der Waals surface area contributed by atoms with Crippen molar-refractivity contribution in [3.63, 3.8) is 0 Å². The van der Waals surface area contributed by atoms with Crippen molar-refractivity contribution in [1.29, 1.82) is 0 Å². The SMILES string of the molecule is CCNC(=NCc1cccc(O)c1)NCc1ccc(CN(C)C(=O)OC(C)(C)C)cc1. The molecule has 0 saturated heterocycles. The molecule has 31 heavy (non-hydrogen) atoms. The van der Waals surface area contributed by atoms with E-state index in [0.717, 1.165) is 23.2 Å². The number of rotatable bonds is 7. The van der Waals surface area contributed by atoms with Gasteiger partial charge < -0.3 is 25.4 Å². The summed E-state index contributed by atoms with van der Waals surface area (Å²) in [5.41, 5.74) is 2.57. The lowest BCUT2D eigenvalue weighted by Crippen LogP contribution is -2.36. The highest BCUT2D eigenvalue weighted by Gasteiger charge is 2.19. The number of carbonyl (C=O) groups is 1. The molecule has 7 nitrogen and oxygen atoms in total. The van der Waals surface area contributed by atoms with Crippen molar-refractivity contribution in [2.24, 2.45) is 4.99 Å². The van der Waals surface area contributed by atoms with E-state index in [1.54, 1.807) is 24.1 Å². The monoisotopic (exact) mass is 426 g/mol. The molecule has 2 aromatic rings. The predicted molar refractivity (Wildman–Crippen MR) is 124 cm³/mol. The molecule has 1 amide bonds. The van der Waals surface area contributed by atoms with E-state index < -0.39 is 5.60 Å². The Morgan fingerprint density at radius 1 is 1.06 bits per heavy atom. The van der Waals surface area contributed by atoms with E-state index in [1.165, 1.54) is 0 Å². The van der Waals surface area contributed by atoms with Gasteiger partial charge in [-0.3, -0.25) is 0 Å². The molecule has 0 heterocycles. The zero-order chi connectivity index (χ0) is 22.9. The fourth-order valence-corrected chi connectivity index (χ4v) is 2.79. The van der Waals surface area contributed by atoms with Gasteiger partial charge in [0.1, 0.15) is 11.4 Å². The van der Waals surface area contributed by atoms with Crippen LogP contribution in [0.5, 0.6) is 5.75 Å². The summed E-state index contributed by atoms with van der Waals surface area (Å²) in [6, 6.07) is 15.2. The number of benzene rings is 2. The highest BCUT2D eigenvalue weighted by molar-refractivity contribution is 5.79. The van der Waals surface area contributed by atoms with E-state index in [-0.39, 0.29) is 11.8 Å². The second-order valence-corrected chi connectivity index (χ2v) is 8.37. The van der Waals surface area contributed by atoms with Crippen LogP contribution in [0.15, 0.2) is 53.5 Å². The number of phenols is 1. The molecule has 0 bridgehead atoms. The number of aromatic hydroxyl groups is 1. The Balaban J connectivity index is 1.90. The van der Waals surface area contributed by atoms with Crippen LogP contribution in [0.2, 0.25) is 0 Å². The number of phenolic OH excluding ortho intramolecular Hbond substituents is 1. The van der Waals surface area contributed by atoms with Gasteiger partial charge in [0.05, 0.1) is 6.54 Å². The first-order valence-electron chi connectivity index (χ1n) is 10.5. The quantitative estimate of drug-likeness (QED) is 0.460. The van der Waals surface area contributed by atoms with Gasteiger partial charge in [-0.25, -0.2) is 9.79 Å². The third-order valence-corrected chi connectivity index (χ3v) is 4.28. The van der Waals surface area contributed by atoms with Crippen LogP contribution < -0.4 is 10.6 Å². The van der Waals surface area contributed by atoms with Crippen molar-refractivity contribution < 1.29 is 14.6 Å². The Kier molecular flexibility index (Phi) is 8.73. The standard InChI is InChI=1S/C24H34N4O3/c1-6-25-22(27-16-20-8-7-9-21(29)14-20)26-15-18-10-12-19(13-11-18)17-28(5)23(30)31-24(2,3)4/h7-14,29H,6,15-17H2,1-5H3,(H2,25,26,27). The minimum Gasteiger partial charge on any atom is -0.508 e. The molecule has 0 saturated carbocycles. The molecule has 168 valence electrons. The first-order valence-corrected chi connectivity index (χ1v) is 10.5. The van der Waals surface area contributed by atoms with Crippen LogP contribution in [0, 0.1) is 0 Å². The van der Waals surface area contributed by atoms with Crippen LogP contribution in [0.3, 0.4) is 0 Å². The molecule has 0 unspecified atom stereocenters. The van der Waals surface area contributed by atoms with Crippen molar-refractivity contribution in [2.45, 2.75) is 52.9 Å². The molecule has 7 heteroatoms. The van der Waals surface area contributed by atoms with Crippen molar-refractivity contribution in [3.05, 3.63) is 65.2 Å². The molecule has 3 N–H and O–H groups in total. The molecule has 0 aromatic heterocycles. The Morgan fingerprint density at radius 3 is 2.35 bits per heavy atom. The molecule has 0 radical (unpaired) electrons. The molecule has 2 rings (SSSR count). The van der Waals surface area contributed by atoms with Gasteiger partial charge >= 0.3 is 6.09 Å². The summed E-state index contributed by atoms with van der Waals surface area (Å²) in [6.45, 7) is 9.91. The third-order valence-electron chi connectivity index (χ3n) is 4.28. The van der Waals surface area contributed by atoms with Gasteiger partial charge in [-0.1, -0.05) is 36.4 Å². The minimum absolute atomic E-state index is 0.239. The summed E-state index contributed by atoms with van der Waals surface area (Å²) in [5, 5.41) is 16.1. The summed E-state index contributed by atoms with van der Waals surface area (Å²) in [6.07, 6.45) is -0.337. The fourth-order valence-electron chi connectivity index (χ4n) is 2.79. The number of guanidine groups is 1. The lowest BCUT2D eigenvalue weighted by molar-refractivity contribution is 0.0285. The van der Waals surface area contributed by atoms with Gasteiger partial charge in [-0.15, -0.1) is 0 Å². The van der Waals surface area contributed by atoms with Crippen molar-refractivity contribution in [3.8, 4) is 5.75 Å². The zero-order valence-electron chi connectivity index (χ0n) is 19.1. The van der Waals surface area contributed by atoms with Crippen LogP contribution in [0.4, 0.5) is 4.79 Å². The van der Waals surface area contributed by atoms with Gasteiger partial charge in [0.15, 0.2) is 5.96 Å². The van der Waals surface area contributed by atoms with E-state index in [4.69, 9.17) is 4.74 Å². The number of nitrogens with zero attached hydrogens (tertiary/aromatic N) is 2. The smallest absolute Gasteiger partial charge is 0.410 e. The van der Waals surface area contributed by atoms with E-state index in [1.807, 2.05) is 64.1 Å². The van der Waals surface area contributed by atoms with Gasteiger partial charge in [0.2, 0.25) is 0 Å². The highest BCUT2D eigenvalue weighted by atomic mass is 16.6. The maximum absolute atomic E-state index is 12.1. The number of ether oxygens (including phenoxy) is 1. The van der Waals surface area contributed by atoms with E-state index in [9.17, 15) is 9.90 Å². The Labute approximate surface area is 185 Å². The van der Waals surface area contributed by atoms with Gasteiger partial charge in [-0.05, 0) is 56.5 Å². The predicted octanol–water partition coefficient (Wildman–Crippen LogP) is 4.01. The van der Waals surface area contributed by atoms with Crippen LogP contribution in [0.25, 0.3) is 0 Å². The van der Waals surface area contributed by atoms with Crippen LogP contribution >= 0.6 is 0 Å². The molecule has 0 aliphatic rings. The minimum atomic E-state index is -0.506. The number of hydrogen-bond acceptors (Lipinski definition) is 4. The van der Waals surface area contributed by atoms with Gasteiger partial charge in [-0.2, -0.15) is 0 Å². The summed E-state index contributed by atoms with van der Waals surface area (Å²) >= 11 is 0. The van der Waals surface area contributed by atoms with Gasteiger partial charge in [0.25, 0.3) is 0 Å². The number of amides is 1. The molecule has 0 spiro atoms. The lowest BCUT2D eigenvalue weighted by Gasteiger charge is -2.24. The number of hydrogen-bond donors (Lipinski definition) is 3. The van der Waals surface area contributed by atoms with Crippen molar-refractivity contribution >= 4 is 12.1 Å². The van der Waals surface area contributed by atoms with E-state index in [2.05, 4.69) is 15.6 Å². The highest BCUT2D eigenvalue weighted by Crippen LogP contribution is 2.13. The number of nitrogens with one attached hydrogen (secondary N) is 2. The summed E-state index contributed by atoms with van der Waals surface area (Å²) in [5.74, 6) is 0.947. The average molecular weight is 427 g/mol. The van der Waals surface area contributed by atoms with Crippen LogP contribution in [-0.2, 0) is 24.4 Å². The van der Waals surface area contributed by atoms with Gasteiger partial charge in [0, 0.05) is 26.7 Å². The Morgan fingerprint density at radius 2 is 1.74 bits per heavy atom. The topological polar surface area (TPSA) is 86.2 Å². The largest absolute Gasteiger partial charge is 0.508 e. The first-order chi connectivity index (χ1) is 14.7. The van der Waals surface area contributed by atoms with Crippen LogP contribution in [0.1, 0.15) is 44.4 Å². The summed E-state index contributed by atoms with van der Waals surface area (Å²) in [7, 11) is 1.73. The maximum Gasteiger partial charge on any atom is 0.410 e. The zero-order valence-corrected chi connectivity index (χ0v) is 19.1. The second-order valence-electron chi connectivity index (χ2n) is 8.37. The van der Waals surface area contributed by atoms with E-state index >= 15 is 0 Å². The molecule has 0 atom stereocenters.